The van der Waals surface area contributed by atoms with Crippen LogP contribution in [0.3, 0.4) is 0 Å². The average Bonchev–Trinajstić information content (AvgIpc) is 3.33. The molecular formula is C29H39NO10. The summed E-state index contributed by atoms with van der Waals surface area (Å²) in [6, 6.07) is 9.02. The number of imide groups is 1. The molecule has 4 atom stereocenters. The fraction of sp³-hybridized carbons (Fsp3) is 0.552. The van der Waals surface area contributed by atoms with Crippen molar-refractivity contribution in [3.63, 3.8) is 0 Å². The third-order valence-corrected chi connectivity index (χ3v) is 6.31. The number of amides is 2. The molecule has 1 heterocycles. The number of aliphatic hydroxyl groups is 1. The maximum absolute atomic E-state index is 13.1. The molecule has 0 radical (unpaired) electrons. The first-order chi connectivity index (χ1) is 19.0. The van der Waals surface area contributed by atoms with Gasteiger partial charge < -0.3 is 24.1 Å². The molecule has 11 heteroatoms. The zero-order valence-electron chi connectivity index (χ0n) is 23.4. The van der Waals surface area contributed by atoms with Crippen LogP contribution in [0.25, 0.3) is 0 Å². The van der Waals surface area contributed by atoms with Gasteiger partial charge in [0.05, 0.1) is 31.8 Å². The molecule has 1 fully saturated rings. The van der Waals surface area contributed by atoms with Crippen LogP contribution in [-0.2, 0) is 44.7 Å². The SMILES string of the molecule is CC(=O)O[C@@H](C(=O)C=CC(=O)CCCOC[C@@H](CO)OCc1ccccc1)[C@@H](C)C(=O)N1C(=O)OC[C@H]1C(C)C. The number of allylic oxidation sites excluding steroid dienone is 1. The fourth-order valence-corrected chi connectivity index (χ4v) is 3.97. The van der Waals surface area contributed by atoms with E-state index in [1.807, 2.05) is 44.2 Å². The van der Waals surface area contributed by atoms with E-state index in [-0.39, 0.29) is 44.5 Å². The van der Waals surface area contributed by atoms with Crippen LogP contribution in [0.4, 0.5) is 4.79 Å². The molecule has 220 valence electrons. The highest BCUT2D eigenvalue weighted by Crippen LogP contribution is 2.24. The number of carbonyl (C=O) groups excluding carboxylic acids is 5. The van der Waals surface area contributed by atoms with Crippen LogP contribution < -0.4 is 0 Å². The Morgan fingerprint density at radius 1 is 1.12 bits per heavy atom. The summed E-state index contributed by atoms with van der Waals surface area (Å²) in [5.74, 6) is -3.86. The van der Waals surface area contributed by atoms with Gasteiger partial charge in [-0.05, 0) is 37.0 Å². The Balaban J connectivity index is 1.83. The Labute approximate surface area is 234 Å². The quantitative estimate of drug-likeness (QED) is 0.171. The van der Waals surface area contributed by atoms with Crippen LogP contribution in [-0.4, -0.2) is 84.2 Å². The molecule has 1 aliphatic rings. The van der Waals surface area contributed by atoms with Crippen molar-refractivity contribution < 1.29 is 48.0 Å². The first-order valence-corrected chi connectivity index (χ1v) is 13.3. The van der Waals surface area contributed by atoms with Crippen LogP contribution >= 0.6 is 0 Å². The molecule has 0 aromatic heterocycles. The number of nitrogens with zero attached hydrogens (tertiary/aromatic N) is 1. The minimum Gasteiger partial charge on any atom is -0.453 e. The monoisotopic (exact) mass is 561 g/mol. The van der Waals surface area contributed by atoms with Gasteiger partial charge in [0.25, 0.3) is 0 Å². The number of hydrogen-bond acceptors (Lipinski definition) is 10. The fourth-order valence-electron chi connectivity index (χ4n) is 3.97. The normalized spacial score (nSPS) is 17.5. The number of ketones is 2. The smallest absolute Gasteiger partial charge is 0.416 e. The standard InChI is InChI=1S/C29H39NO10/c1-19(2)25-18-39-29(36)30(25)28(35)20(3)27(40-21(4)32)26(34)13-12-23(33)11-8-14-37-17-24(15-31)38-16-22-9-6-5-7-10-22/h5-7,9-10,12-13,19-20,24-25,27,31H,8,11,14-18H2,1-4H3/t20-,24-,25+,27-/m1/s1. The number of ether oxygens (including phenoxy) is 4. The van der Waals surface area contributed by atoms with Crippen molar-refractivity contribution in [2.75, 3.05) is 26.4 Å². The number of benzene rings is 1. The van der Waals surface area contributed by atoms with Crippen molar-refractivity contribution in [1.29, 1.82) is 0 Å². The lowest BCUT2D eigenvalue weighted by molar-refractivity contribution is -0.158. The van der Waals surface area contributed by atoms with Crippen molar-refractivity contribution in [3.8, 4) is 0 Å². The Morgan fingerprint density at radius 3 is 2.45 bits per heavy atom. The van der Waals surface area contributed by atoms with Crippen LogP contribution in [0.1, 0.15) is 46.1 Å². The zero-order chi connectivity index (χ0) is 29.7. The van der Waals surface area contributed by atoms with E-state index in [4.69, 9.17) is 18.9 Å². The number of cyclic esters (lactones) is 1. The number of esters is 1. The van der Waals surface area contributed by atoms with E-state index in [0.717, 1.165) is 29.5 Å². The van der Waals surface area contributed by atoms with E-state index in [1.165, 1.54) is 6.92 Å². The first-order valence-electron chi connectivity index (χ1n) is 13.3. The van der Waals surface area contributed by atoms with Gasteiger partial charge in [0, 0.05) is 20.0 Å². The van der Waals surface area contributed by atoms with Gasteiger partial charge in [-0.25, -0.2) is 9.69 Å². The highest BCUT2D eigenvalue weighted by atomic mass is 16.6. The Bertz CT molecular complexity index is 1040. The minimum absolute atomic E-state index is 0.0423. The third kappa shape index (κ3) is 10.3. The molecule has 1 saturated heterocycles. The Kier molecular flexibility index (Phi) is 13.6. The molecule has 1 aromatic rings. The molecule has 0 spiro atoms. The lowest BCUT2D eigenvalue weighted by atomic mass is 9.96. The van der Waals surface area contributed by atoms with Gasteiger partial charge in [-0.2, -0.15) is 0 Å². The second-order valence-electron chi connectivity index (χ2n) is 9.90. The molecule has 1 aromatic carbocycles. The number of hydrogen-bond donors (Lipinski definition) is 1. The van der Waals surface area contributed by atoms with E-state index in [0.29, 0.717) is 13.0 Å². The topological polar surface area (TPSA) is 146 Å². The second kappa shape index (κ2) is 16.6. The zero-order valence-corrected chi connectivity index (χ0v) is 23.4. The molecule has 40 heavy (non-hydrogen) atoms. The summed E-state index contributed by atoms with van der Waals surface area (Å²) < 4.78 is 21.3. The van der Waals surface area contributed by atoms with Gasteiger partial charge in [-0.3, -0.25) is 19.2 Å². The third-order valence-electron chi connectivity index (χ3n) is 6.31. The lowest BCUT2D eigenvalue weighted by Gasteiger charge is -2.28. The summed E-state index contributed by atoms with van der Waals surface area (Å²) in [5, 5.41) is 9.48. The van der Waals surface area contributed by atoms with Crippen molar-refractivity contribution in [2.45, 2.75) is 65.4 Å². The van der Waals surface area contributed by atoms with E-state index >= 15 is 0 Å². The average molecular weight is 562 g/mol. The van der Waals surface area contributed by atoms with Crippen molar-refractivity contribution in [3.05, 3.63) is 48.0 Å². The summed E-state index contributed by atoms with van der Waals surface area (Å²) in [4.78, 5) is 62.9. The maximum Gasteiger partial charge on any atom is 0.416 e. The summed E-state index contributed by atoms with van der Waals surface area (Å²) in [6.45, 7) is 6.71. The molecule has 0 aliphatic carbocycles. The summed E-state index contributed by atoms with van der Waals surface area (Å²) >= 11 is 0. The molecule has 11 nitrogen and oxygen atoms in total. The first kappa shape index (κ1) is 32.8. The highest BCUT2D eigenvalue weighted by Gasteiger charge is 2.44. The number of aliphatic hydroxyl groups excluding tert-OH is 1. The molecule has 0 bridgehead atoms. The predicted molar refractivity (Wildman–Crippen MR) is 143 cm³/mol. The second-order valence-corrected chi connectivity index (χ2v) is 9.90. The van der Waals surface area contributed by atoms with Crippen molar-refractivity contribution in [2.24, 2.45) is 11.8 Å². The summed E-state index contributed by atoms with van der Waals surface area (Å²) in [5.41, 5.74) is 0.973. The maximum atomic E-state index is 13.1. The van der Waals surface area contributed by atoms with Gasteiger partial charge >= 0.3 is 12.1 Å². The Morgan fingerprint density at radius 2 is 1.82 bits per heavy atom. The van der Waals surface area contributed by atoms with Crippen molar-refractivity contribution in [1.82, 2.24) is 4.90 Å². The minimum atomic E-state index is -1.51. The molecule has 0 saturated carbocycles. The van der Waals surface area contributed by atoms with E-state index < -0.39 is 47.9 Å². The van der Waals surface area contributed by atoms with E-state index in [1.54, 1.807) is 0 Å². The van der Waals surface area contributed by atoms with Crippen LogP contribution in [0.15, 0.2) is 42.5 Å². The molecule has 2 rings (SSSR count). The lowest BCUT2D eigenvalue weighted by Crippen LogP contribution is -2.48. The van der Waals surface area contributed by atoms with Crippen LogP contribution in [0.5, 0.6) is 0 Å². The summed E-state index contributed by atoms with van der Waals surface area (Å²) in [6.07, 6.45) is -0.339. The van der Waals surface area contributed by atoms with Crippen LogP contribution in [0, 0.1) is 11.8 Å². The molecule has 1 aliphatic heterocycles. The highest BCUT2D eigenvalue weighted by molar-refractivity contribution is 6.04. The molecule has 2 amide bonds. The largest absolute Gasteiger partial charge is 0.453 e. The van der Waals surface area contributed by atoms with Gasteiger partial charge in [0.1, 0.15) is 12.7 Å². The number of rotatable bonds is 17. The molecular weight excluding hydrogens is 522 g/mol. The van der Waals surface area contributed by atoms with Gasteiger partial charge in [0.2, 0.25) is 5.91 Å². The predicted octanol–water partition coefficient (Wildman–Crippen LogP) is 2.63. The molecule has 0 unspecified atom stereocenters. The van der Waals surface area contributed by atoms with Gasteiger partial charge in [-0.15, -0.1) is 0 Å². The number of carbonyl (C=O) groups is 5. The molecule has 1 N–H and O–H groups in total. The van der Waals surface area contributed by atoms with Crippen molar-refractivity contribution >= 4 is 29.5 Å². The van der Waals surface area contributed by atoms with E-state index in [9.17, 15) is 29.1 Å². The van der Waals surface area contributed by atoms with Crippen LogP contribution in [0.2, 0.25) is 0 Å². The van der Waals surface area contributed by atoms with Gasteiger partial charge in [0.15, 0.2) is 17.7 Å². The van der Waals surface area contributed by atoms with E-state index in [2.05, 4.69) is 0 Å². The Hall–Kier alpha value is -3.41. The van der Waals surface area contributed by atoms with Gasteiger partial charge in [-0.1, -0.05) is 44.2 Å². The summed E-state index contributed by atoms with van der Waals surface area (Å²) in [7, 11) is 0.